The van der Waals surface area contributed by atoms with E-state index in [2.05, 4.69) is 55.8 Å². The van der Waals surface area contributed by atoms with Crippen molar-refractivity contribution >= 4 is 34.2 Å². The molecule has 190 valence electrons. The number of carbonyl (C=O) groups excluding carboxylic acids is 2. The number of amides is 2. The first-order valence-electron chi connectivity index (χ1n) is 12.8. The molecule has 2 aromatic carbocycles. The van der Waals surface area contributed by atoms with E-state index in [0.717, 1.165) is 45.0 Å². The summed E-state index contributed by atoms with van der Waals surface area (Å²) in [6.07, 6.45) is 0.536. The molecule has 3 aliphatic rings. The number of nitriles is 1. The van der Waals surface area contributed by atoms with E-state index in [1.807, 2.05) is 18.2 Å². The van der Waals surface area contributed by atoms with Crippen molar-refractivity contribution in [2.45, 2.75) is 24.8 Å². The summed E-state index contributed by atoms with van der Waals surface area (Å²) in [5, 5.41) is 15.1. The van der Waals surface area contributed by atoms with E-state index in [0.29, 0.717) is 17.5 Å². The third kappa shape index (κ3) is 4.25. The van der Waals surface area contributed by atoms with Crippen molar-refractivity contribution in [3.63, 3.8) is 0 Å². The van der Waals surface area contributed by atoms with Crippen LogP contribution in [0.25, 0.3) is 11.0 Å². The van der Waals surface area contributed by atoms with Gasteiger partial charge in [-0.2, -0.15) is 5.26 Å². The molecule has 2 amide bonds. The Morgan fingerprint density at radius 1 is 0.919 bits per heavy atom. The number of aromatic amines is 1. The summed E-state index contributed by atoms with van der Waals surface area (Å²) in [4.78, 5) is 44.2. The fourth-order valence-corrected chi connectivity index (χ4v) is 5.89. The van der Waals surface area contributed by atoms with Gasteiger partial charge in [-0.3, -0.25) is 19.5 Å². The molecule has 10 heteroatoms. The Labute approximate surface area is 213 Å². The van der Waals surface area contributed by atoms with E-state index in [-0.39, 0.29) is 29.9 Å². The van der Waals surface area contributed by atoms with Crippen LogP contribution in [0.2, 0.25) is 0 Å². The summed E-state index contributed by atoms with van der Waals surface area (Å²) in [6.45, 7) is 4.97. The van der Waals surface area contributed by atoms with Crippen molar-refractivity contribution in [1.82, 2.24) is 20.2 Å². The third-order valence-electron chi connectivity index (χ3n) is 7.91. The van der Waals surface area contributed by atoms with Crippen molar-refractivity contribution in [2.75, 3.05) is 49.1 Å². The molecule has 0 saturated carbocycles. The number of piperazine rings is 1. The monoisotopic (exact) mass is 499 g/mol. The van der Waals surface area contributed by atoms with Crippen LogP contribution in [-0.2, 0) is 9.59 Å². The molecule has 0 spiro atoms. The van der Waals surface area contributed by atoms with Crippen molar-refractivity contribution in [1.29, 1.82) is 5.26 Å². The van der Waals surface area contributed by atoms with Gasteiger partial charge in [0.2, 0.25) is 11.8 Å². The Bertz CT molecular complexity index is 1460. The predicted octanol–water partition coefficient (Wildman–Crippen LogP) is 1.46. The zero-order chi connectivity index (χ0) is 25.5. The SMILES string of the molecule is N#C[C@@H]1CNCC1c1cccc(N2CCN(c3ccc4c(c3)[nH]c(=O)n4C3CCC(=O)NC3=O)CC2)c1. The van der Waals surface area contributed by atoms with Crippen LogP contribution in [0.5, 0.6) is 0 Å². The summed E-state index contributed by atoms with van der Waals surface area (Å²) in [5.41, 5.74) is 4.41. The second-order valence-electron chi connectivity index (χ2n) is 10.0. The zero-order valence-corrected chi connectivity index (χ0v) is 20.4. The summed E-state index contributed by atoms with van der Waals surface area (Å²) >= 11 is 0. The molecule has 3 fully saturated rings. The van der Waals surface area contributed by atoms with Crippen LogP contribution in [0, 0.1) is 17.2 Å². The first-order valence-corrected chi connectivity index (χ1v) is 12.8. The van der Waals surface area contributed by atoms with Crippen LogP contribution in [-0.4, -0.2) is 60.6 Å². The highest BCUT2D eigenvalue weighted by atomic mass is 16.2. The fraction of sp³-hybridized carbons (Fsp3) is 0.407. The quantitative estimate of drug-likeness (QED) is 0.464. The maximum absolute atomic E-state index is 12.7. The number of nitrogens with one attached hydrogen (secondary N) is 3. The van der Waals surface area contributed by atoms with Gasteiger partial charge in [0.15, 0.2) is 0 Å². The summed E-state index contributed by atoms with van der Waals surface area (Å²) in [5.74, 6) is -0.494. The molecule has 3 saturated heterocycles. The van der Waals surface area contributed by atoms with Gasteiger partial charge < -0.3 is 20.1 Å². The highest BCUT2D eigenvalue weighted by molar-refractivity contribution is 6.00. The van der Waals surface area contributed by atoms with Crippen LogP contribution in [0.1, 0.15) is 30.4 Å². The predicted molar refractivity (Wildman–Crippen MR) is 140 cm³/mol. The Morgan fingerprint density at radius 2 is 1.68 bits per heavy atom. The molecule has 3 aliphatic heterocycles. The molecule has 0 radical (unpaired) electrons. The molecule has 0 bridgehead atoms. The number of imide groups is 1. The van der Waals surface area contributed by atoms with Crippen LogP contribution in [0.3, 0.4) is 0 Å². The molecule has 3 aromatic rings. The minimum Gasteiger partial charge on any atom is -0.368 e. The van der Waals surface area contributed by atoms with E-state index >= 15 is 0 Å². The largest absolute Gasteiger partial charge is 0.368 e. The molecule has 10 nitrogen and oxygen atoms in total. The minimum atomic E-state index is -0.687. The van der Waals surface area contributed by atoms with E-state index in [1.165, 1.54) is 15.8 Å². The highest BCUT2D eigenvalue weighted by Gasteiger charge is 2.31. The van der Waals surface area contributed by atoms with Gasteiger partial charge in [-0.05, 0) is 42.3 Å². The van der Waals surface area contributed by atoms with Crippen LogP contribution in [0.4, 0.5) is 11.4 Å². The smallest absolute Gasteiger partial charge is 0.327 e. The van der Waals surface area contributed by atoms with Gasteiger partial charge in [-0.15, -0.1) is 0 Å². The Balaban J connectivity index is 1.17. The maximum atomic E-state index is 12.7. The Morgan fingerprint density at radius 3 is 2.41 bits per heavy atom. The van der Waals surface area contributed by atoms with Crippen molar-refractivity contribution < 1.29 is 9.59 Å². The number of hydrogen-bond acceptors (Lipinski definition) is 7. The minimum absolute atomic E-state index is 0.0123. The number of imidazole rings is 1. The van der Waals surface area contributed by atoms with Gasteiger partial charge in [0.25, 0.3) is 0 Å². The summed E-state index contributed by atoms with van der Waals surface area (Å²) in [6, 6.07) is 16.2. The molecule has 6 rings (SSSR count). The second kappa shape index (κ2) is 9.41. The van der Waals surface area contributed by atoms with E-state index in [9.17, 15) is 19.6 Å². The lowest BCUT2D eigenvalue weighted by atomic mass is 9.89. The average molecular weight is 500 g/mol. The molecule has 1 aromatic heterocycles. The number of anilines is 2. The van der Waals surface area contributed by atoms with Crippen molar-refractivity contribution in [3.8, 4) is 6.07 Å². The number of rotatable bonds is 4. The second-order valence-corrected chi connectivity index (χ2v) is 10.0. The number of aromatic nitrogens is 2. The van der Waals surface area contributed by atoms with E-state index in [4.69, 9.17) is 0 Å². The van der Waals surface area contributed by atoms with Crippen LogP contribution in [0.15, 0.2) is 47.3 Å². The lowest BCUT2D eigenvalue weighted by Crippen LogP contribution is -2.46. The van der Waals surface area contributed by atoms with Gasteiger partial charge >= 0.3 is 5.69 Å². The number of nitrogens with zero attached hydrogens (tertiary/aromatic N) is 4. The number of benzene rings is 2. The highest BCUT2D eigenvalue weighted by Crippen LogP contribution is 2.31. The van der Waals surface area contributed by atoms with Crippen molar-refractivity contribution in [3.05, 3.63) is 58.5 Å². The molecular formula is C27H29N7O3. The standard InChI is InChI=1S/C27H29N7O3/c28-14-18-15-29-16-21(18)17-2-1-3-19(12-17)32-8-10-33(11-9-32)20-4-5-23-22(13-20)30-27(37)34(23)24-6-7-25(35)31-26(24)36/h1-5,12-13,18,21,24,29H,6-11,15-16H2,(H,30,37)(H,31,35,36)/t18-,21?,24?/m1/s1. The normalized spacial score (nSPS) is 24.4. The number of piperidine rings is 1. The molecule has 37 heavy (non-hydrogen) atoms. The van der Waals surface area contributed by atoms with Crippen molar-refractivity contribution in [2.24, 2.45) is 5.92 Å². The topological polar surface area (TPSA) is 126 Å². The lowest BCUT2D eigenvalue weighted by Gasteiger charge is -2.37. The maximum Gasteiger partial charge on any atom is 0.327 e. The molecule has 2 unspecified atom stereocenters. The molecule has 0 aliphatic carbocycles. The average Bonchev–Trinajstić information content (AvgIpc) is 3.52. The van der Waals surface area contributed by atoms with Gasteiger partial charge in [-0.25, -0.2) is 4.79 Å². The number of fused-ring (bicyclic) bond motifs is 1. The molecule has 3 atom stereocenters. The summed E-state index contributed by atoms with van der Waals surface area (Å²) < 4.78 is 1.46. The molecule has 4 heterocycles. The first kappa shape index (κ1) is 23.3. The third-order valence-corrected chi connectivity index (χ3v) is 7.91. The molecule has 3 N–H and O–H groups in total. The fourth-order valence-electron chi connectivity index (χ4n) is 5.89. The summed E-state index contributed by atoms with van der Waals surface area (Å²) in [7, 11) is 0. The number of hydrogen-bond donors (Lipinski definition) is 3. The van der Waals surface area contributed by atoms with Gasteiger partial charge in [0, 0.05) is 63.0 Å². The van der Waals surface area contributed by atoms with Gasteiger partial charge in [0.05, 0.1) is 23.0 Å². The van der Waals surface area contributed by atoms with Gasteiger partial charge in [0.1, 0.15) is 6.04 Å². The van der Waals surface area contributed by atoms with E-state index in [1.54, 1.807) is 0 Å². The van der Waals surface area contributed by atoms with Crippen LogP contribution >= 0.6 is 0 Å². The molecular weight excluding hydrogens is 470 g/mol. The van der Waals surface area contributed by atoms with E-state index < -0.39 is 11.9 Å². The number of carbonyl (C=O) groups is 2. The Hall–Kier alpha value is -4.10. The number of H-pyrrole nitrogens is 1. The zero-order valence-electron chi connectivity index (χ0n) is 20.4. The first-order chi connectivity index (χ1) is 18.0. The van der Waals surface area contributed by atoms with Gasteiger partial charge in [-0.1, -0.05) is 12.1 Å². The Kier molecular flexibility index (Phi) is 5.93. The van der Waals surface area contributed by atoms with Crippen LogP contribution < -0.4 is 26.1 Å². The lowest BCUT2D eigenvalue weighted by molar-refractivity contribution is -0.135.